The third-order valence-electron chi connectivity index (χ3n) is 2.94. The monoisotopic (exact) mass is 263 g/mol. The molecule has 2 heterocycles. The average molecular weight is 263 g/mol. The molecule has 1 unspecified atom stereocenters. The van der Waals surface area contributed by atoms with Gasteiger partial charge in [-0.15, -0.1) is 11.3 Å². The van der Waals surface area contributed by atoms with Gasteiger partial charge in [-0.05, 0) is 25.3 Å². The van der Waals surface area contributed by atoms with Crippen LogP contribution in [0.4, 0.5) is 11.8 Å². The highest BCUT2D eigenvalue weighted by Crippen LogP contribution is 2.28. The van der Waals surface area contributed by atoms with Gasteiger partial charge in [0.25, 0.3) is 0 Å². The van der Waals surface area contributed by atoms with E-state index in [4.69, 9.17) is 5.84 Å². The number of nitrogens with one attached hydrogen (secondary N) is 1. The molecular formula is C12H17N5S. The summed E-state index contributed by atoms with van der Waals surface area (Å²) in [5.74, 6) is 6.67. The van der Waals surface area contributed by atoms with Gasteiger partial charge in [0, 0.05) is 23.7 Å². The van der Waals surface area contributed by atoms with Crippen molar-refractivity contribution in [3.8, 4) is 0 Å². The number of anilines is 2. The fraction of sp³-hybridized carbons (Fsp3) is 0.333. The first-order chi connectivity index (χ1) is 8.63. The van der Waals surface area contributed by atoms with Gasteiger partial charge in [-0.2, -0.15) is 4.98 Å². The smallest absolute Gasteiger partial charge is 0.239 e. The number of nitrogens with two attached hydrogens (primary N) is 1. The van der Waals surface area contributed by atoms with Gasteiger partial charge in [-0.1, -0.05) is 6.07 Å². The Morgan fingerprint density at radius 2 is 2.28 bits per heavy atom. The van der Waals surface area contributed by atoms with E-state index in [-0.39, 0.29) is 6.04 Å². The zero-order valence-corrected chi connectivity index (χ0v) is 11.5. The van der Waals surface area contributed by atoms with Crippen molar-refractivity contribution in [1.29, 1.82) is 0 Å². The standard InChI is InChI=1S/C12H17N5S/c1-8-7-14-12(16-13)15-11(8)17(3)9(2)10-5-4-6-18-10/h4-7,9H,13H2,1-3H3,(H,14,15,16). The van der Waals surface area contributed by atoms with Gasteiger partial charge in [0.2, 0.25) is 5.95 Å². The second-order valence-electron chi connectivity index (χ2n) is 4.15. The van der Waals surface area contributed by atoms with E-state index in [1.165, 1.54) is 4.88 Å². The first-order valence-electron chi connectivity index (χ1n) is 5.70. The highest BCUT2D eigenvalue weighted by molar-refractivity contribution is 7.10. The molecule has 2 rings (SSSR count). The molecule has 0 fully saturated rings. The summed E-state index contributed by atoms with van der Waals surface area (Å²) in [4.78, 5) is 11.9. The predicted octanol–water partition coefficient (Wildman–Crippen LogP) is 2.33. The number of nitrogen functional groups attached to an aromatic ring is 1. The number of rotatable bonds is 4. The maximum atomic E-state index is 5.35. The van der Waals surface area contributed by atoms with E-state index >= 15 is 0 Å². The van der Waals surface area contributed by atoms with E-state index in [1.54, 1.807) is 17.5 Å². The van der Waals surface area contributed by atoms with Gasteiger partial charge >= 0.3 is 0 Å². The predicted molar refractivity (Wildman–Crippen MR) is 75.7 cm³/mol. The minimum absolute atomic E-state index is 0.268. The number of thiophene rings is 1. The summed E-state index contributed by atoms with van der Waals surface area (Å²) < 4.78 is 0. The van der Waals surface area contributed by atoms with Crippen LogP contribution in [0.15, 0.2) is 23.7 Å². The topological polar surface area (TPSA) is 67.1 Å². The molecule has 0 aliphatic heterocycles. The molecule has 5 nitrogen and oxygen atoms in total. The zero-order valence-electron chi connectivity index (χ0n) is 10.7. The first kappa shape index (κ1) is 12.8. The van der Waals surface area contributed by atoms with Crippen LogP contribution >= 0.6 is 11.3 Å². The molecule has 6 heteroatoms. The lowest BCUT2D eigenvalue weighted by molar-refractivity contribution is 0.737. The molecule has 0 aliphatic carbocycles. The number of hydrogen-bond donors (Lipinski definition) is 2. The van der Waals surface area contributed by atoms with Crippen molar-refractivity contribution in [3.05, 3.63) is 34.2 Å². The molecule has 0 bridgehead atoms. The Bertz CT molecular complexity index is 511. The Morgan fingerprint density at radius 1 is 1.50 bits per heavy atom. The minimum atomic E-state index is 0.268. The van der Waals surface area contributed by atoms with E-state index in [2.05, 4.69) is 44.7 Å². The molecular weight excluding hydrogens is 246 g/mol. The van der Waals surface area contributed by atoms with Crippen molar-refractivity contribution in [2.45, 2.75) is 19.9 Å². The van der Waals surface area contributed by atoms with Crippen molar-refractivity contribution < 1.29 is 0 Å². The summed E-state index contributed by atoms with van der Waals surface area (Å²) in [6.07, 6.45) is 1.77. The van der Waals surface area contributed by atoms with Crippen LogP contribution < -0.4 is 16.2 Å². The Balaban J connectivity index is 2.30. The van der Waals surface area contributed by atoms with Crippen molar-refractivity contribution >= 4 is 23.1 Å². The van der Waals surface area contributed by atoms with Crippen LogP contribution in [0.25, 0.3) is 0 Å². The van der Waals surface area contributed by atoms with Gasteiger partial charge in [-0.25, -0.2) is 10.8 Å². The summed E-state index contributed by atoms with van der Waals surface area (Å²) in [6.45, 7) is 4.15. The lowest BCUT2D eigenvalue weighted by atomic mass is 10.2. The average Bonchev–Trinajstić information content (AvgIpc) is 2.91. The van der Waals surface area contributed by atoms with Crippen LogP contribution in [0, 0.1) is 6.92 Å². The van der Waals surface area contributed by atoms with E-state index in [1.807, 2.05) is 14.0 Å². The second kappa shape index (κ2) is 5.32. The molecule has 0 saturated heterocycles. The van der Waals surface area contributed by atoms with E-state index < -0.39 is 0 Å². The van der Waals surface area contributed by atoms with Gasteiger partial charge in [0.05, 0.1) is 6.04 Å². The van der Waals surface area contributed by atoms with Crippen molar-refractivity contribution in [3.63, 3.8) is 0 Å². The normalized spacial score (nSPS) is 12.2. The first-order valence-corrected chi connectivity index (χ1v) is 6.58. The maximum absolute atomic E-state index is 5.35. The van der Waals surface area contributed by atoms with Crippen LogP contribution in [-0.4, -0.2) is 17.0 Å². The summed E-state index contributed by atoms with van der Waals surface area (Å²) in [7, 11) is 2.03. The number of hydrazine groups is 1. The molecule has 0 radical (unpaired) electrons. The summed E-state index contributed by atoms with van der Waals surface area (Å²) >= 11 is 1.74. The third-order valence-corrected chi connectivity index (χ3v) is 3.99. The molecule has 18 heavy (non-hydrogen) atoms. The molecule has 0 saturated carbocycles. The van der Waals surface area contributed by atoms with Crippen molar-refractivity contribution in [1.82, 2.24) is 9.97 Å². The molecule has 1 atom stereocenters. The Labute approximate surface area is 111 Å². The highest BCUT2D eigenvalue weighted by atomic mass is 32.1. The van der Waals surface area contributed by atoms with Gasteiger partial charge in [-0.3, -0.25) is 5.43 Å². The number of aryl methyl sites for hydroxylation is 1. The fourth-order valence-electron chi connectivity index (χ4n) is 1.76. The van der Waals surface area contributed by atoms with Crippen molar-refractivity contribution in [2.75, 3.05) is 17.4 Å². The number of aromatic nitrogens is 2. The zero-order chi connectivity index (χ0) is 13.1. The van der Waals surface area contributed by atoms with Crippen LogP contribution in [0.2, 0.25) is 0 Å². The molecule has 0 amide bonds. The Hall–Kier alpha value is -1.66. The van der Waals surface area contributed by atoms with Crippen molar-refractivity contribution in [2.24, 2.45) is 5.84 Å². The molecule has 2 aromatic heterocycles. The quantitative estimate of drug-likeness (QED) is 0.654. The third kappa shape index (κ3) is 2.44. The molecule has 2 aromatic rings. The largest absolute Gasteiger partial charge is 0.352 e. The van der Waals surface area contributed by atoms with Gasteiger partial charge < -0.3 is 4.90 Å². The molecule has 0 spiro atoms. The fourth-order valence-corrected chi connectivity index (χ4v) is 2.59. The molecule has 0 aliphatic rings. The summed E-state index contributed by atoms with van der Waals surface area (Å²) in [5, 5.41) is 2.08. The summed E-state index contributed by atoms with van der Waals surface area (Å²) in [5.41, 5.74) is 3.50. The number of nitrogens with zero attached hydrogens (tertiary/aromatic N) is 3. The van der Waals surface area contributed by atoms with Crippen LogP contribution in [0.3, 0.4) is 0 Å². The van der Waals surface area contributed by atoms with Crippen LogP contribution in [0.1, 0.15) is 23.4 Å². The SMILES string of the molecule is Cc1cnc(NN)nc1N(C)C(C)c1cccs1. The summed E-state index contributed by atoms with van der Waals surface area (Å²) in [6, 6.07) is 4.46. The van der Waals surface area contributed by atoms with Crippen LogP contribution in [-0.2, 0) is 0 Å². The minimum Gasteiger partial charge on any atom is -0.352 e. The van der Waals surface area contributed by atoms with Gasteiger partial charge in [0.1, 0.15) is 5.82 Å². The highest BCUT2D eigenvalue weighted by Gasteiger charge is 2.16. The second-order valence-corrected chi connectivity index (χ2v) is 5.13. The van der Waals surface area contributed by atoms with Crippen LogP contribution in [0.5, 0.6) is 0 Å². The van der Waals surface area contributed by atoms with E-state index in [0.29, 0.717) is 5.95 Å². The number of hydrogen-bond acceptors (Lipinski definition) is 6. The molecule has 3 N–H and O–H groups in total. The van der Waals surface area contributed by atoms with Gasteiger partial charge in [0.15, 0.2) is 0 Å². The molecule has 0 aromatic carbocycles. The lowest BCUT2D eigenvalue weighted by Gasteiger charge is -2.26. The Kier molecular flexibility index (Phi) is 3.78. The van der Waals surface area contributed by atoms with E-state index in [0.717, 1.165) is 11.4 Å². The lowest BCUT2D eigenvalue weighted by Crippen LogP contribution is -2.24. The Morgan fingerprint density at radius 3 is 2.89 bits per heavy atom. The maximum Gasteiger partial charge on any atom is 0.239 e. The van der Waals surface area contributed by atoms with E-state index in [9.17, 15) is 0 Å². The molecule has 96 valence electrons.